The monoisotopic (exact) mass is 389 g/mol. The first-order valence-corrected chi connectivity index (χ1v) is 10.1. The van der Waals surface area contributed by atoms with Gasteiger partial charge in [0.25, 0.3) is 5.91 Å². The average molecular weight is 389 g/mol. The molecule has 0 aromatic heterocycles. The number of para-hydroxylation sites is 1. The highest BCUT2D eigenvalue weighted by Gasteiger charge is 2.30. The molecule has 0 atom stereocenters. The van der Waals surface area contributed by atoms with Gasteiger partial charge in [0, 0.05) is 37.4 Å². The number of hydrogen-bond acceptors (Lipinski definition) is 5. The lowest BCUT2D eigenvalue weighted by atomic mass is 10.2. The summed E-state index contributed by atoms with van der Waals surface area (Å²) in [5.41, 5.74) is 0.897. The van der Waals surface area contributed by atoms with Crippen molar-refractivity contribution in [2.45, 2.75) is 4.90 Å². The predicted octanol–water partition coefficient (Wildman–Crippen LogP) is 1.88. The van der Waals surface area contributed by atoms with E-state index in [4.69, 9.17) is 4.74 Å². The van der Waals surface area contributed by atoms with Crippen LogP contribution in [-0.4, -0.2) is 63.9 Å². The molecule has 1 saturated heterocycles. The van der Waals surface area contributed by atoms with Gasteiger partial charge in [-0.25, -0.2) is 8.42 Å². The molecule has 0 saturated carbocycles. The summed E-state index contributed by atoms with van der Waals surface area (Å²) < 4.78 is 32.9. The summed E-state index contributed by atoms with van der Waals surface area (Å²) in [5.74, 6) is -0.149. The average Bonchev–Trinajstić information content (AvgIpc) is 2.68. The molecule has 1 N–H and O–H groups in total. The number of rotatable bonds is 5. The number of piperazine rings is 1. The summed E-state index contributed by atoms with van der Waals surface area (Å²) in [4.78, 5) is 14.6. The molecule has 0 radical (unpaired) electrons. The summed E-state index contributed by atoms with van der Waals surface area (Å²) in [6.45, 7) is 2.14. The zero-order chi connectivity index (χ0) is 19.4. The summed E-state index contributed by atoms with van der Waals surface area (Å²) in [5, 5.41) is 2.76. The Morgan fingerprint density at radius 1 is 1.04 bits per heavy atom. The first-order chi connectivity index (χ1) is 12.9. The van der Waals surface area contributed by atoms with E-state index in [1.54, 1.807) is 18.2 Å². The Kier molecular flexibility index (Phi) is 5.79. The van der Waals surface area contributed by atoms with E-state index in [0.29, 0.717) is 31.9 Å². The minimum Gasteiger partial charge on any atom is -0.495 e. The zero-order valence-electron chi connectivity index (χ0n) is 15.4. The third kappa shape index (κ3) is 4.29. The van der Waals surface area contributed by atoms with Crippen LogP contribution in [0.4, 0.5) is 5.69 Å². The lowest BCUT2D eigenvalue weighted by Gasteiger charge is -2.31. The van der Waals surface area contributed by atoms with Gasteiger partial charge in [0.1, 0.15) is 10.6 Å². The molecule has 27 heavy (non-hydrogen) atoms. The number of carbonyl (C=O) groups excluding carboxylic acids is 1. The first-order valence-electron chi connectivity index (χ1n) is 8.65. The number of methoxy groups -OCH3 is 1. The van der Waals surface area contributed by atoms with E-state index >= 15 is 0 Å². The normalized spacial score (nSPS) is 16.1. The summed E-state index contributed by atoms with van der Waals surface area (Å²) in [6, 6.07) is 13.5. The van der Waals surface area contributed by atoms with Crippen LogP contribution in [0.2, 0.25) is 0 Å². The number of hydrogen-bond donors (Lipinski definition) is 1. The summed E-state index contributed by atoms with van der Waals surface area (Å²) >= 11 is 0. The van der Waals surface area contributed by atoms with Crippen LogP contribution in [-0.2, 0) is 10.0 Å². The van der Waals surface area contributed by atoms with Gasteiger partial charge in [0.05, 0.1) is 7.11 Å². The third-order valence-electron chi connectivity index (χ3n) is 4.54. The third-order valence-corrected chi connectivity index (χ3v) is 6.46. The van der Waals surface area contributed by atoms with Gasteiger partial charge in [0.15, 0.2) is 0 Å². The zero-order valence-corrected chi connectivity index (χ0v) is 16.2. The molecule has 0 aliphatic carbocycles. The summed E-state index contributed by atoms with van der Waals surface area (Å²) in [6.07, 6.45) is 0. The molecule has 144 valence electrons. The van der Waals surface area contributed by atoms with Crippen molar-refractivity contribution in [2.75, 3.05) is 45.7 Å². The Hall–Kier alpha value is -2.42. The van der Waals surface area contributed by atoms with Crippen LogP contribution >= 0.6 is 0 Å². The number of sulfonamides is 1. The van der Waals surface area contributed by atoms with Crippen molar-refractivity contribution in [3.63, 3.8) is 0 Å². The van der Waals surface area contributed by atoms with Crippen LogP contribution in [0.15, 0.2) is 53.4 Å². The smallest absolute Gasteiger partial charge is 0.255 e. The van der Waals surface area contributed by atoms with Gasteiger partial charge in [-0.1, -0.05) is 18.2 Å². The van der Waals surface area contributed by atoms with Gasteiger partial charge >= 0.3 is 0 Å². The highest BCUT2D eigenvalue weighted by molar-refractivity contribution is 7.89. The minimum absolute atomic E-state index is 0.00950. The number of anilines is 1. The largest absolute Gasteiger partial charge is 0.495 e. The van der Waals surface area contributed by atoms with E-state index in [0.717, 1.165) is 0 Å². The molecule has 2 aromatic carbocycles. The van der Waals surface area contributed by atoms with Gasteiger partial charge in [-0.3, -0.25) is 4.79 Å². The second kappa shape index (κ2) is 8.08. The fourth-order valence-corrected chi connectivity index (χ4v) is 4.52. The van der Waals surface area contributed by atoms with Gasteiger partial charge in [-0.05, 0) is 37.4 Å². The maximum Gasteiger partial charge on any atom is 0.255 e. The van der Waals surface area contributed by atoms with Gasteiger partial charge in [-0.15, -0.1) is 0 Å². The van der Waals surface area contributed by atoms with Gasteiger partial charge in [0.2, 0.25) is 10.0 Å². The summed E-state index contributed by atoms with van der Waals surface area (Å²) in [7, 11) is -0.379. The van der Waals surface area contributed by atoms with Crippen LogP contribution in [0.1, 0.15) is 10.4 Å². The molecule has 1 aliphatic rings. The number of ether oxygens (including phenoxy) is 1. The molecular weight excluding hydrogens is 366 g/mol. The Bertz CT molecular complexity index is 908. The number of benzene rings is 2. The van der Waals surface area contributed by atoms with E-state index in [2.05, 4.69) is 10.2 Å². The van der Waals surface area contributed by atoms with Crippen LogP contribution in [0.3, 0.4) is 0 Å². The van der Waals surface area contributed by atoms with Crippen LogP contribution < -0.4 is 10.1 Å². The van der Waals surface area contributed by atoms with E-state index in [-0.39, 0.29) is 22.1 Å². The van der Waals surface area contributed by atoms with Gasteiger partial charge in [-0.2, -0.15) is 4.31 Å². The van der Waals surface area contributed by atoms with Crippen LogP contribution in [0.5, 0.6) is 5.75 Å². The van der Waals surface area contributed by atoms with Crippen molar-refractivity contribution in [3.05, 3.63) is 54.1 Å². The first kappa shape index (κ1) is 19.3. The SMILES string of the molecule is COc1ccc(C(=O)Nc2ccccc2)cc1S(=O)(=O)N1CCN(C)CC1. The van der Waals surface area contributed by atoms with Crippen molar-refractivity contribution in [1.82, 2.24) is 9.21 Å². The maximum absolute atomic E-state index is 13.1. The highest BCUT2D eigenvalue weighted by atomic mass is 32.2. The van der Waals surface area contributed by atoms with Crippen LogP contribution in [0, 0.1) is 0 Å². The molecule has 7 nitrogen and oxygen atoms in total. The fraction of sp³-hybridized carbons (Fsp3) is 0.316. The number of likely N-dealkylation sites (N-methyl/N-ethyl adjacent to an activating group) is 1. The van der Waals surface area contributed by atoms with Crippen molar-refractivity contribution in [2.24, 2.45) is 0 Å². The molecule has 1 amide bonds. The molecule has 1 heterocycles. The Morgan fingerprint density at radius 3 is 2.33 bits per heavy atom. The lowest BCUT2D eigenvalue weighted by molar-refractivity contribution is 0.102. The van der Waals surface area contributed by atoms with Crippen molar-refractivity contribution in [1.29, 1.82) is 0 Å². The second-order valence-electron chi connectivity index (χ2n) is 6.39. The fourth-order valence-electron chi connectivity index (χ4n) is 2.91. The van der Waals surface area contributed by atoms with Gasteiger partial charge < -0.3 is 15.0 Å². The molecular formula is C19H23N3O4S. The Balaban J connectivity index is 1.90. The standard InChI is InChI=1S/C19H23N3O4S/c1-21-10-12-22(13-11-21)27(24,25)18-14-15(8-9-17(18)26-2)19(23)20-16-6-4-3-5-7-16/h3-9,14H,10-13H2,1-2H3,(H,20,23). The quantitative estimate of drug-likeness (QED) is 0.845. The molecule has 1 fully saturated rings. The van der Waals surface area contributed by atoms with E-state index in [9.17, 15) is 13.2 Å². The number of carbonyl (C=O) groups is 1. The number of amides is 1. The Labute approximate surface area is 159 Å². The Morgan fingerprint density at radius 2 is 1.70 bits per heavy atom. The topological polar surface area (TPSA) is 78.9 Å². The van der Waals surface area contributed by atoms with Crippen molar-refractivity contribution in [3.8, 4) is 5.75 Å². The molecule has 8 heteroatoms. The van der Waals surface area contributed by atoms with E-state index in [1.165, 1.54) is 23.5 Å². The molecule has 1 aliphatic heterocycles. The van der Waals surface area contributed by atoms with E-state index < -0.39 is 10.0 Å². The number of nitrogens with one attached hydrogen (secondary N) is 1. The highest BCUT2D eigenvalue weighted by Crippen LogP contribution is 2.28. The maximum atomic E-state index is 13.1. The molecule has 2 aromatic rings. The van der Waals surface area contributed by atoms with Crippen molar-refractivity contribution >= 4 is 21.6 Å². The number of nitrogens with zero attached hydrogens (tertiary/aromatic N) is 2. The predicted molar refractivity (Wildman–Crippen MR) is 104 cm³/mol. The second-order valence-corrected chi connectivity index (χ2v) is 8.30. The molecule has 0 bridgehead atoms. The van der Waals surface area contributed by atoms with Crippen molar-refractivity contribution < 1.29 is 17.9 Å². The molecule has 3 rings (SSSR count). The minimum atomic E-state index is -3.76. The molecule has 0 unspecified atom stereocenters. The lowest BCUT2D eigenvalue weighted by Crippen LogP contribution is -2.47. The molecule has 0 spiro atoms. The van der Waals surface area contributed by atoms with E-state index in [1.807, 2.05) is 25.2 Å². The van der Waals surface area contributed by atoms with Crippen LogP contribution in [0.25, 0.3) is 0 Å².